The molecule has 5 heteroatoms. The molecule has 0 aliphatic carbocycles. The summed E-state index contributed by atoms with van der Waals surface area (Å²) in [6.45, 7) is 2.25. The Morgan fingerprint density at radius 3 is 2.74 bits per heavy atom. The molecular weight excluding hydrogens is 290 g/mol. The van der Waals surface area contributed by atoms with E-state index in [0.717, 1.165) is 18.8 Å². The molecule has 2 heterocycles. The van der Waals surface area contributed by atoms with Crippen LogP contribution in [0, 0.1) is 0 Å². The second kappa shape index (κ2) is 6.79. The molecule has 1 fully saturated rings. The number of piperazine rings is 1. The fourth-order valence-electron chi connectivity index (χ4n) is 2.94. The summed E-state index contributed by atoms with van der Waals surface area (Å²) in [5.41, 5.74) is 1.85. The summed E-state index contributed by atoms with van der Waals surface area (Å²) < 4.78 is 5.32. The van der Waals surface area contributed by atoms with Crippen LogP contribution in [0.2, 0.25) is 0 Å². The average Bonchev–Trinajstić information content (AvgIpc) is 2.62. The van der Waals surface area contributed by atoms with Crippen molar-refractivity contribution in [2.45, 2.75) is 6.04 Å². The molecule has 1 aliphatic heterocycles. The smallest absolute Gasteiger partial charge is 0.254 e. The van der Waals surface area contributed by atoms with Gasteiger partial charge in [0.2, 0.25) is 0 Å². The first-order valence-electron chi connectivity index (χ1n) is 7.72. The fraction of sp³-hybridized carbons (Fsp3) is 0.333. The lowest BCUT2D eigenvalue weighted by Crippen LogP contribution is -2.49. The van der Waals surface area contributed by atoms with Gasteiger partial charge in [0, 0.05) is 37.6 Å². The molecule has 0 radical (unpaired) electrons. The van der Waals surface area contributed by atoms with Gasteiger partial charge in [0.1, 0.15) is 5.75 Å². The van der Waals surface area contributed by atoms with Crippen molar-refractivity contribution in [3.63, 3.8) is 0 Å². The molecule has 0 bridgehead atoms. The average molecular weight is 311 g/mol. The van der Waals surface area contributed by atoms with Gasteiger partial charge < -0.3 is 9.64 Å². The highest BCUT2D eigenvalue weighted by molar-refractivity contribution is 5.94. The molecule has 5 nitrogen and oxygen atoms in total. The van der Waals surface area contributed by atoms with Gasteiger partial charge in [0.05, 0.1) is 13.2 Å². The Kier molecular flexibility index (Phi) is 4.57. The number of nitrogens with zero attached hydrogens (tertiary/aromatic N) is 3. The van der Waals surface area contributed by atoms with Crippen molar-refractivity contribution >= 4 is 5.91 Å². The third kappa shape index (κ3) is 3.35. The minimum absolute atomic E-state index is 0.0633. The van der Waals surface area contributed by atoms with Crippen molar-refractivity contribution < 1.29 is 9.53 Å². The predicted molar refractivity (Wildman–Crippen MR) is 88.5 cm³/mol. The topological polar surface area (TPSA) is 45.7 Å². The summed E-state index contributed by atoms with van der Waals surface area (Å²) in [7, 11) is 3.77. The molecular formula is C18H21N3O2. The van der Waals surface area contributed by atoms with Crippen LogP contribution in [-0.2, 0) is 0 Å². The number of likely N-dealkylation sites (N-methyl/N-ethyl adjacent to an activating group) is 1. The van der Waals surface area contributed by atoms with Crippen LogP contribution >= 0.6 is 0 Å². The van der Waals surface area contributed by atoms with Crippen LogP contribution in [0.1, 0.15) is 22.0 Å². The number of rotatable bonds is 3. The highest BCUT2D eigenvalue weighted by Gasteiger charge is 2.29. The molecule has 1 amide bonds. The molecule has 1 saturated heterocycles. The SMILES string of the molecule is COc1cccc(C2CN(C(=O)c3ccncc3)CCN2C)c1. The summed E-state index contributed by atoms with van der Waals surface area (Å²) >= 11 is 0. The van der Waals surface area contributed by atoms with E-state index in [1.807, 2.05) is 23.1 Å². The minimum Gasteiger partial charge on any atom is -0.497 e. The zero-order chi connectivity index (χ0) is 16.2. The van der Waals surface area contributed by atoms with E-state index in [-0.39, 0.29) is 11.9 Å². The van der Waals surface area contributed by atoms with E-state index in [1.54, 1.807) is 31.6 Å². The largest absolute Gasteiger partial charge is 0.497 e. The van der Waals surface area contributed by atoms with Crippen LogP contribution in [0.4, 0.5) is 0 Å². The van der Waals surface area contributed by atoms with E-state index in [1.165, 1.54) is 5.56 Å². The first-order chi connectivity index (χ1) is 11.2. The van der Waals surface area contributed by atoms with Crippen molar-refractivity contribution in [1.29, 1.82) is 0 Å². The van der Waals surface area contributed by atoms with Crippen LogP contribution in [-0.4, -0.2) is 54.5 Å². The van der Waals surface area contributed by atoms with Gasteiger partial charge in [0.15, 0.2) is 0 Å². The van der Waals surface area contributed by atoms with Gasteiger partial charge in [0.25, 0.3) is 5.91 Å². The number of carbonyl (C=O) groups is 1. The molecule has 3 rings (SSSR count). The van der Waals surface area contributed by atoms with E-state index >= 15 is 0 Å². The molecule has 1 aromatic heterocycles. The zero-order valence-electron chi connectivity index (χ0n) is 13.5. The van der Waals surface area contributed by atoms with E-state index in [2.05, 4.69) is 23.0 Å². The third-order valence-electron chi connectivity index (χ3n) is 4.34. The quantitative estimate of drug-likeness (QED) is 0.872. The normalized spacial score (nSPS) is 18.7. The maximum atomic E-state index is 12.7. The standard InChI is InChI=1S/C18H21N3O2/c1-20-10-11-21(18(22)14-6-8-19-9-7-14)13-17(20)15-4-3-5-16(12-15)23-2/h3-9,12,17H,10-11,13H2,1-2H3. The first kappa shape index (κ1) is 15.5. The minimum atomic E-state index is 0.0633. The molecule has 0 N–H and O–H groups in total. The molecule has 1 unspecified atom stereocenters. The number of pyridine rings is 1. The van der Waals surface area contributed by atoms with Crippen LogP contribution in [0.25, 0.3) is 0 Å². The Labute approximate surface area is 136 Å². The third-order valence-corrected chi connectivity index (χ3v) is 4.34. The predicted octanol–water partition coefficient (Wildman–Crippen LogP) is 2.22. The Morgan fingerprint density at radius 1 is 1.22 bits per heavy atom. The molecule has 120 valence electrons. The molecule has 1 atom stereocenters. The molecule has 0 saturated carbocycles. The van der Waals surface area contributed by atoms with Crippen LogP contribution in [0.3, 0.4) is 0 Å². The van der Waals surface area contributed by atoms with Crippen LogP contribution in [0.15, 0.2) is 48.8 Å². The van der Waals surface area contributed by atoms with E-state index < -0.39 is 0 Å². The lowest BCUT2D eigenvalue weighted by Gasteiger charge is -2.39. The number of hydrogen-bond donors (Lipinski definition) is 0. The van der Waals surface area contributed by atoms with Crippen molar-refractivity contribution in [2.75, 3.05) is 33.8 Å². The fourth-order valence-corrected chi connectivity index (χ4v) is 2.94. The Balaban J connectivity index is 1.80. The highest BCUT2D eigenvalue weighted by atomic mass is 16.5. The lowest BCUT2D eigenvalue weighted by molar-refractivity contribution is 0.0546. The van der Waals surface area contributed by atoms with Gasteiger partial charge in [-0.1, -0.05) is 12.1 Å². The van der Waals surface area contributed by atoms with Crippen LogP contribution < -0.4 is 4.74 Å². The van der Waals surface area contributed by atoms with Crippen molar-refractivity contribution in [3.05, 3.63) is 59.9 Å². The summed E-state index contributed by atoms with van der Waals surface area (Å²) in [5.74, 6) is 0.905. The Hall–Kier alpha value is -2.40. The number of carbonyl (C=O) groups excluding carboxylic acids is 1. The summed E-state index contributed by atoms with van der Waals surface area (Å²) in [5, 5.41) is 0. The Morgan fingerprint density at radius 2 is 2.00 bits per heavy atom. The summed E-state index contributed by atoms with van der Waals surface area (Å²) in [4.78, 5) is 20.8. The number of ether oxygens (including phenoxy) is 1. The highest BCUT2D eigenvalue weighted by Crippen LogP contribution is 2.27. The second-order valence-corrected chi connectivity index (χ2v) is 5.76. The maximum absolute atomic E-state index is 12.7. The van der Waals surface area contributed by atoms with E-state index in [0.29, 0.717) is 12.1 Å². The van der Waals surface area contributed by atoms with Gasteiger partial charge in [-0.15, -0.1) is 0 Å². The van der Waals surface area contributed by atoms with E-state index in [4.69, 9.17) is 4.74 Å². The van der Waals surface area contributed by atoms with Gasteiger partial charge >= 0.3 is 0 Å². The van der Waals surface area contributed by atoms with Gasteiger partial charge in [-0.05, 0) is 36.9 Å². The van der Waals surface area contributed by atoms with Crippen molar-refractivity contribution in [1.82, 2.24) is 14.8 Å². The molecule has 1 aromatic carbocycles. The molecule has 23 heavy (non-hydrogen) atoms. The maximum Gasteiger partial charge on any atom is 0.254 e. The molecule has 2 aromatic rings. The monoisotopic (exact) mass is 311 g/mol. The molecule has 1 aliphatic rings. The van der Waals surface area contributed by atoms with Gasteiger partial charge in [-0.25, -0.2) is 0 Å². The molecule has 0 spiro atoms. The van der Waals surface area contributed by atoms with Gasteiger partial charge in [-0.3, -0.25) is 14.7 Å². The van der Waals surface area contributed by atoms with Crippen molar-refractivity contribution in [2.24, 2.45) is 0 Å². The first-order valence-corrected chi connectivity index (χ1v) is 7.72. The second-order valence-electron chi connectivity index (χ2n) is 5.76. The summed E-state index contributed by atoms with van der Waals surface area (Å²) in [6, 6.07) is 11.8. The number of amides is 1. The van der Waals surface area contributed by atoms with Crippen LogP contribution in [0.5, 0.6) is 5.75 Å². The Bertz CT molecular complexity index is 675. The van der Waals surface area contributed by atoms with E-state index in [9.17, 15) is 4.79 Å². The lowest BCUT2D eigenvalue weighted by atomic mass is 10.0. The van der Waals surface area contributed by atoms with Gasteiger partial charge in [-0.2, -0.15) is 0 Å². The number of hydrogen-bond acceptors (Lipinski definition) is 4. The number of benzene rings is 1. The number of methoxy groups -OCH3 is 1. The summed E-state index contributed by atoms with van der Waals surface area (Å²) in [6.07, 6.45) is 3.31. The van der Waals surface area contributed by atoms with Crippen molar-refractivity contribution in [3.8, 4) is 5.75 Å². The zero-order valence-corrected chi connectivity index (χ0v) is 13.5. The number of aromatic nitrogens is 1.